The number of carbonyl (C=O) groups is 2. The summed E-state index contributed by atoms with van der Waals surface area (Å²) in [5.41, 5.74) is -0.458. The minimum atomic E-state index is -1.54. The fourth-order valence-corrected chi connectivity index (χ4v) is 4.42. The van der Waals surface area contributed by atoms with Gasteiger partial charge in [0.05, 0.1) is 12.6 Å². The lowest BCUT2D eigenvalue weighted by atomic mass is 9.95. The molecular formula is C24H22F4N2O4. The number of rotatable bonds is 4. The Morgan fingerprint density at radius 2 is 1.79 bits per heavy atom. The highest BCUT2D eigenvalue weighted by Crippen LogP contribution is 2.37. The van der Waals surface area contributed by atoms with Crippen LogP contribution in [0.15, 0.2) is 36.4 Å². The van der Waals surface area contributed by atoms with Gasteiger partial charge in [-0.25, -0.2) is 22.4 Å². The Balaban J connectivity index is 1.55. The van der Waals surface area contributed by atoms with E-state index in [-0.39, 0.29) is 24.9 Å². The van der Waals surface area contributed by atoms with E-state index in [1.54, 1.807) is 44.2 Å². The van der Waals surface area contributed by atoms with Gasteiger partial charge in [-0.3, -0.25) is 4.79 Å². The van der Waals surface area contributed by atoms with Gasteiger partial charge >= 0.3 is 6.09 Å². The third-order valence-electron chi connectivity index (χ3n) is 5.97. The van der Waals surface area contributed by atoms with E-state index in [2.05, 4.69) is 5.32 Å². The number of aliphatic hydroxyl groups is 1. The second-order valence-corrected chi connectivity index (χ2v) is 8.83. The molecule has 0 saturated carbocycles. The van der Waals surface area contributed by atoms with Crippen LogP contribution in [0.1, 0.15) is 47.7 Å². The normalized spacial score (nSPS) is 21.1. The fraction of sp³-hybridized carbons (Fsp3) is 0.333. The molecule has 0 radical (unpaired) electrons. The second-order valence-electron chi connectivity index (χ2n) is 8.83. The summed E-state index contributed by atoms with van der Waals surface area (Å²) in [4.78, 5) is 26.2. The summed E-state index contributed by atoms with van der Waals surface area (Å²) in [6.45, 7) is 2.30. The maximum Gasteiger partial charge on any atom is 0.410 e. The van der Waals surface area contributed by atoms with Gasteiger partial charge in [0.1, 0.15) is 5.60 Å². The van der Waals surface area contributed by atoms with Crippen molar-refractivity contribution in [1.82, 2.24) is 10.2 Å². The summed E-state index contributed by atoms with van der Waals surface area (Å²) < 4.78 is 61.5. The van der Waals surface area contributed by atoms with E-state index in [0.29, 0.717) is 16.8 Å². The SMILES string of the molecule is CC(C)(/C=C1\NC(=O)c2ccccc21)OC(=O)N1C[C@@H](c2c(F)c(F)cc(F)c2F)CC1CO. The molecule has 0 aliphatic carbocycles. The van der Waals surface area contributed by atoms with Crippen molar-refractivity contribution in [3.05, 3.63) is 76.4 Å². The molecule has 1 unspecified atom stereocenters. The van der Waals surface area contributed by atoms with Crippen LogP contribution in [0.3, 0.4) is 0 Å². The van der Waals surface area contributed by atoms with E-state index >= 15 is 0 Å². The van der Waals surface area contributed by atoms with E-state index in [0.717, 1.165) is 4.90 Å². The van der Waals surface area contributed by atoms with Gasteiger partial charge in [0, 0.05) is 40.9 Å². The van der Waals surface area contributed by atoms with E-state index in [1.807, 2.05) is 0 Å². The van der Waals surface area contributed by atoms with Crippen LogP contribution < -0.4 is 5.32 Å². The Labute approximate surface area is 192 Å². The number of halogens is 4. The minimum Gasteiger partial charge on any atom is -0.439 e. The van der Waals surface area contributed by atoms with Crippen molar-refractivity contribution in [2.45, 2.75) is 37.8 Å². The summed E-state index contributed by atoms with van der Waals surface area (Å²) in [5.74, 6) is -7.52. The number of nitrogens with one attached hydrogen (secondary N) is 1. The summed E-state index contributed by atoms with van der Waals surface area (Å²) in [6.07, 6.45) is 0.545. The topological polar surface area (TPSA) is 78.9 Å². The van der Waals surface area contributed by atoms with Crippen LogP contribution in [0.2, 0.25) is 0 Å². The summed E-state index contributed by atoms with van der Waals surface area (Å²) in [6, 6.07) is 6.13. The van der Waals surface area contributed by atoms with Gasteiger partial charge in [0.2, 0.25) is 0 Å². The van der Waals surface area contributed by atoms with Crippen molar-refractivity contribution in [2.75, 3.05) is 13.2 Å². The van der Waals surface area contributed by atoms with Crippen LogP contribution in [-0.2, 0) is 4.74 Å². The summed E-state index contributed by atoms with van der Waals surface area (Å²) in [7, 11) is 0. The highest BCUT2D eigenvalue weighted by Gasteiger charge is 2.41. The van der Waals surface area contributed by atoms with Gasteiger partial charge in [-0.05, 0) is 32.4 Å². The number of hydrogen-bond acceptors (Lipinski definition) is 4. The molecule has 2 aromatic carbocycles. The van der Waals surface area contributed by atoms with Gasteiger partial charge in [0.25, 0.3) is 5.91 Å². The van der Waals surface area contributed by atoms with Crippen molar-refractivity contribution in [3.63, 3.8) is 0 Å². The number of hydrogen-bond donors (Lipinski definition) is 2. The zero-order valence-corrected chi connectivity index (χ0v) is 18.4. The van der Waals surface area contributed by atoms with Crippen LogP contribution in [0.4, 0.5) is 22.4 Å². The van der Waals surface area contributed by atoms with Crippen LogP contribution in [0.5, 0.6) is 0 Å². The Morgan fingerprint density at radius 3 is 2.41 bits per heavy atom. The molecule has 2 aliphatic heterocycles. The maximum atomic E-state index is 14.3. The first-order chi connectivity index (χ1) is 16.0. The summed E-state index contributed by atoms with van der Waals surface area (Å²) in [5, 5.41) is 12.4. The van der Waals surface area contributed by atoms with Crippen LogP contribution >= 0.6 is 0 Å². The molecule has 10 heteroatoms. The number of amides is 2. The predicted molar refractivity (Wildman–Crippen MR) is 114 cm³/mol. The molecule has 2 atom stereocenters. The molecule has 0 aromatic heterocycles. The lowest BCUT2D eigenvalue weighted by Crippen LogP contribution is -2.42. The first kappa shape index (κ1) is 23.7. The smallest absolute Gasteiger partial charge is 0.410 e. The zero-order chi connectivity index (χ0) is 24.8. The van der Waals surface area contributed by atoms with Crippen LogP contribution in [0, 0.1) is 23.3 Å². The molecule has 4 rings (SSSR count). The number of carbonyl (C=O) groups excluding carboxylic acids is 2. The molecular weight excluding hydrogens is 456 g/mol. The van der Waals surface area contributed by atoms with Crippen molar-refractivity contribution in [2.24, 2.45) is 0 Å². The second kappa shape index (κ2) is 8.75. The molecule has 0 bridgehead atoms. The third-order valence-corrected chi connectivity index (χ3v) is 5.97. The Kier molecular flexibility index (Phi) is 6.11. The lowest BCUT2D eigenvalue weighted by molar-refractivity contribution is 0.0321. The maximum absolute atomic E-state index is 14.3. The molecule has 2 aromatic rings. The number of ether oxygens (including phenoxy) is 1. The van der Waals surface area contributed by atoms with Crippen molar-refractivity contribution >= 4 is 17.7 Å². The van der Waals surface area contributed by atoms with E-state index in [1.165, 1.54) is 0 Å². The molecule has 2 N–H and O–H groups in total. The summed E-state index contributed by atoms with van der Waals surface area (Å²) >= 11 is 0. The first-order valence-electron chi connectivity index (χ1n) is 10.6. The van der Waals surface area contributed by atoms with Gasteiger partial charge < -0.3 is 20.1 Å². The molecule has 0 spiro atoms. The molecule has 34 heavy (non-hydrogen) atoms. The Morgan fingerprint density at radius 1 is 1.18 bits per heavy atom. The van der Waals surface area contributed by atoms with Crippen LogP contribution in [0.25, 0.3) is 5.70 Å². The van der Waals surface area contributed by atoms with Crippen molar-refractivity contribution < 1.29 is 37.0 Å². The average Bonchev–Trinajstić information content (AvgIpc) is 3.34. The largest absolute Gasteiger partial charge is 0.439 e. The van der Waals surface area contributed by atoms with Gasteiger partial charge in [-0.2, -0.15) is 0 Å². The van der Waals surface area contributed by atoms with Crippen LogP contribution in [-0.4, -0.2) is 46.8 Å². The van der Waals surface area contributed by atoms with Crippen molar-refractivity contribution in [1.29, 1.82) is 0 Å². The zero-order valence-electron chi connectivity index (χ0n) is 18.4. The first-order valence-corrected chi connectivity index (χ1v) is 10.6. The number of nitrogens with zero attached hydrogens (tertiary/aromatic N) is 1. The molecule has 180 valence electrons. The number of benzene rings is 2. The highest BCUT2D eigenvalue weighted by molar-refractivity contribution is 6.09. The molecule has 1 fully saturated rings. The van der Waals surface area contributed by atoms with Crippen molar-refractivity contribution in [3.8, 4) is 0 Å². The number of fused-ring (bicyclic) bond motifs is 1. The molecule has 2 heterocycles. The third kappa shape index (κ3) is 4.25. The quantitative estimate of drug-likeness (QED) is 0.513. The molecule has 6 nitrogen and oxygen atoms in total. The van der Waals surface area contributed by atoms with E-state index in [4.69, 9.17) is 4.74 Å². The Bertz CT molecular complexity index is 1170. The van der Waals surface area contributed by atoms with Gasteiger partial charge in [-0.15, -0.1) is 0 Å². The predicted octanol–water partition coefficient (Wildman–Crippen LogP) is 4.09. The average molecular weight is 478 g/mol. The standard InChI is InChI=1S/C24H22F4N2O4/c1-24(2,9-18-14-5-3-4-6-15(14)22(32)29-18)34-23(33)30-10-12(7-13(30)11-31)19-20(27)16(25)8-17(26)21(19)28/h3-6,8-9,12-13,31H,7,10-11H2,1-2H3,(H,29,32)/b18-9-/t12-,13?/m0/s1. The van der Waals surface area contributed by atoms with Gasteiger partial charge in [0.15, 0.2) is 23.3 Å². The molecule has 2 aliphatic rings. The highest BCUT2D eigenvalue weighted by atomic mass is 19.2. The number of aliphatic hydroxyl groups excluding tert-OH is 1. The van der Waals surface area contributed by atoms with Gasteiger partial charge in [-0.1, -0.05) is 18.2 Å². The molecule has 2 amide bonds. The minimum absolute atomic E-state index is 0.118. The molecule has 1 saturated heterocycles. The Hall–Kier alpha value is -3.40. The fourth-order valence-electron chi connectivity index (χ4n) is 4.42. The van der Waals surface area contributed by atoms with E-state index < -0.39 is 59.1 Å². The number of likely N-dealkylation sites (tertiary alicyclic amines) is 1. The monoisotopic (exact) mass is 478 g/mol. The lowest BCUT2D eigenvalue weighted by Gasteiger charge is -2.29. The van der Waals surface area contributed by atoms with E-state index in [9.17, 15) is 32.3 Å².